The van der Waals surface area contributed by atoms with Gasteiger partial charge in [0.1, 0.15) is 0 Å². The Morgan fingerprint density at radius 3 is 1.04 bits per heavy atom. The van der Waals surface area contributed by atoms with Crippen molar-refractivity contribution in [2.75, 3.05) is 62.5 Å². The number of anilines is 2. The first-order valence-corrected chi connectivity index (χ1v) is 29.0. The van der Waals surface area contributed by atoms with E-state index in [1.807, 2.05) is 0 Å². The van der Waals surface area contributed by atoms with Gasteiger partial charge >= 0.3 is 11.9 Å². The number of imide groups is 2. The molecule has 2 saturated heterocycles. The molecule has 0 spiro atoms. The standard InChI is InChI=1S/C54H90N4O8S2/c1-5-7-9-11-13-15-17-19-21-23-25-27-29-31-37-67-47-41-49(59)57(51(47)61)35-33-55-45-39-44(54(64)66-4)46(40-43(45)53(63)65-3)56-34-36-58-50(60)42-48(52(58)62)68-38-32-30-28-26-24-22-20-18-16-14-12-10-8-6-2/h39-40,47-48,55-56H,5-38,41-42H2,1-4H3. The quantitative estimate of drug-likeness (QED) is 0.0364. The molecule has 68 heavy (non-hydrogen) atoms. The van der Waals surface area contributed by atoms with Crippen molar-refractivity contribution >= 4 is 70.5 Å². The molecule has 0 saturated carbocycles. The van der Waals surface area contributed by atoms with Gasteiger partial charge in [-0.2, -0.15) is 0 Å². The molecule has 2 heterocycles. The fourth-order valence-corrected chi connectivity index (χ4v) is 11.5. The Balaban J connectivity index is 1.37. The van der Waals surface area contributed by atoms with E-state index in [-0.39, 0.29) is 95.7 Å². The summed E-state index contributed by atoms with van der Waals surface area (Å²) in [4.78, 5) is 80.9. The average molecular weight is 987 g/mol. The molecule has 3 rings (SSSR count). The van der Waals surface area contributed by atoms with Gasteiger partial charge in [0.2, 0.25) is 23.6 Å². The number of carbonyl (C=O) groups is 6. The summed E-state index contributed by atoms with van der Waals surface area (Å²) < 4.78 is 10.1. The van der Waals surface area contributed by atoms with Crippen molar-refractivity contribution in [2.45, 2.75) is 217 Å². The summed E-state index contributed by atoms with van der Waals surface area (Å²) >= 11 is 3.13. The maximum atomic E-state index is 13.3. The van der Waals surface area contributed by atoms with Crippen LogP contribution in [0, 0.1) is 0 Å². The van der Waals surface area contributed by atoms with Crippen LogP contribution < -0.4 is 10.6 Å². The van der Waals surface area contributed by atoms with Gasteiger partial charge in [0, 0.05) is 50.4 Å². The second-order valence-electron chi connectivity index (χ2n) is 18.9. The Morgan fingerprint density at radius 2 is 0.765 bits per heavy atom. The Morgan fingerprint density at radius 1 is 0.485 bits per heavy atom. The van der Waals surface area contributed by atoms with Crippen molar-refractivity contribution in [3.05, 3.63) is 23.3 Å². The van der Waals surface area contributed by atoms with Crippen LogP contribution in [0.5, 0.6) is 0 Å². The lowest BCUT2D eigenvalue weighted by Crippen LogP contribution is -2.35. The van der Waals surface area contributed by atoms with Crippen LogP contribution in [0.3, 0.4) is 0 Å². The fraction of sp³-hybridized carbons (Fsp3) is 0.778. The summed E-state index contributed by atoms with van der Waals surface area (Å²) in [6, 6.07) is 2.94. The van der Waals surface area contributed by atoms with Crippen molar-refractivity contribution in [1.29, 1.82) is 0 Å². The predicted molar refractivity (Wildman–Crippen MR) is 282 cm³/mol. The number of nitrogens with zero attached hydrogens (tertiary/aromatic N) is 2. The SMILES string of the molecule is CCCCCCCCCCCCCCCCSC1CC(=O)N(CCNc2cc(C(=O)OC)c(NCCN3C(=O)CC(SCCCCCCCCCCCCCCCC)C3=O)cc2C(=O)OC)C1=O. The van der Waals surface area contributed by atoms with Crippen LogP contribution in [0.15, 0.2) is 12.1 Å². The number of unbranched alkanes of at least 4 members (excludes halogenated alkanes) is 26. The third-order valence-corrected chi connectivity index (χ3v) is 15.9. The predicted octanol–water partition coefficient (Wildman–Crippen LogP) is 12.8. The maximum Gasteiger partial charge on any atom is 0.340 e. The van der Waals surface area contributed by atoms with Crippen LogP contribution in [0.2, 0.25) is 0 Å². The molecule has 0 aromatic heterocycles. The lowest BCUT2D eigenvalue weighted by atomic mass is 10.0. The highest BCUT2D eigenvalue weighted by Gasteiger charge is 2.39. The van der Waals surface area contributed by atoms with E-state index in [0.29, 0.717) is 0 Å². The molecule has 386 valence electrons. The van der Waals surface area contributed by atoms with Crippen LogP contribution in [0.25, 0.3) is 0 Å². The number of hydrogen-bond donors (Lipinski definition) is 2. The van der Waals surface area contributed by atoms with Gasteiger partial charge in [0.15, 0.2) is 0 Å². The van der Waals surface area contributed by atoms with E-state index in [1.165, 1.54) is 190 Å². The smallest absolute Gasteiger partial charge is 0.340 e. The van der Waals surface area contributed by atoms with Crippen molar-refractivity contribution in [1.82, 2.24) is 9.80 Å². The largest absolute Gasteiger partial charge is 0.465 e. The molecule has 0 radical (unpaired) electrons. The zero-order chi connectivity index (χ0) is 49.2. The average Bonchev–Trinajstić information content (AvgIpc) is 3.77. The Hall–Kier alpha value is -3.26. The molecule has 2 aliphatic rings. The van der Waals surface area contributed by atoms with E-state index in [2.05, 4.69) is 24.5 Å². The third-order valence-electron chi connectivity index (χ3n) is 13.3. The summed E-state index contributed by atoms with van der Waals surface area (Å²) in [5, 5.41) is 5.49. The van der Waals surface area contributed by atoms with Gasteiger partial charge in [0.05, 0.1) is 35.8 Å². The number of rotatable bonds is 42. The van der Waals surface area contributed by atoms with Gasteiger partial charge in [-0.25, -0.2) is 9.59 Å². The molecule has 14 heteroatoms. The molecule has 2 fully saturated rings. The van der Waals surface area contributed by atoms with Crippen LogP contribution >= 0.6 is 23.5 Å². The summed E-state index contributed by atoms with van der Waals surface area (Å²) in [5.74, 6) is -0.466. The fourth-order valence-electron chi connectivity index (χ4n) is 9.13. The molecule has 2 N–H and O–H groups in total. The molecule has 2 aliphatic heterocycles. The van der Waals surface area contributed by atoms with Gasteiger partial charge in [-0.15, -0.1) is 23.5 Å². The Bertz CT molecular complexity index is 1530. The molecule has 1 aromatic carbocycles. The van der Waals surface area contributed by atoms with Gasteiger partial charge < -0.3 is 20.1 Å². The summed E-state index contributed by atoms with van der Waals surface area (Å²) in [5.41, 5.74) is 0.789. The normalized spacial score (nSPS) is 16.1. The topological polar surface area (TPSA) is 151 Å². The van der Waals surface area contributed by atoms with E-state index >= 15 is 0 Å². The molecule has 4 amide bonds. The van der Waals surface area contributed by atoms with Crippen molar-refractivity contribution in [3.63, 3.8) is 0 Å². The highest BCUT2D eigenvalue weighted by atomic mass is 32.2. The van der Waals surface area contributed by atoms with Gasteiger partial charge in [-0.3, -0.25) is 29.0 Å². The molecule has 1 aromatic rings. The second kappa shape index (κ2) is 36.6. The van der Waals surface area contributed by atoms with Crippen LogP contribution in [0.1, 0.15) is 227 Å². The number of nitrogens with one attached hydrogen (secondary N) is 2. The molecule has 0 aliphatic carbocycles. The van der Waals surface area contributed by atoms with Crippen molar-refractivity contribution < 1.29 is 38.2 Å². The molecule has 0 bridgehead atoms. The number of hydrogen-bond acceptors (Lipinski definition) is 12. The molecule has 2 atom stereocenters. The second-order valence-corrected chi connectivity index (χ2v) is 21.5. The zero-order valence-corrected chi connectivity index (χ0v) is 44.4. The Labute approximate surface area is 419 Å². The highest BCUT2D eigenvalue weighted by Crippen LogP contribution is 2.30. The number of ether oxygens (including phenoxy) is 2. The molecule has 2 unspecified atom stereocenters. The molecular weight excluding hydrogens is 897 g/mol. The monoisotopic (exact) mass is 987 g/mol. The zero-order valence-electron chi connectivity index (χ0n) is 42.7. The van der Waals surface area contributed by atoms with Crippen LogP contribution in [-0.2, 0) is 28.7 Å². The van der Waals surface area contributed by atoms with Crippen molar-refractivity contribution in [2.24, 2.45) is 0 Å². The minimum atomic E-state index is -0.663. The summed E-state index contributed by atoms with van der Waals surface area (Å²) in [7, 11) is 2.51. The van der Waals surface area contributed by atoms with Gasteiger partial charge in [0.25, 0.3) is 0 Å². The Kier molecular flexibility index (Phi) is 31.8. The number of amides is 4. The minimum Gasteiger partial charge on any atom is -0.465 e. The lowest BCUT2D eigenvalue weighted by molar-refractivity contribution is -0.139. The third kappa shape index (κ3) is 22.7. The molecular formula is C54H90N4O8S2. The number of carbonyl (C=O) groups excluding carboxylic acids is 6. The van der Waals surface area contributed by atoms with Gasteiger partial charge in [-0.1, -0.05) is 181 Å². The van der Waals surface area contributed by atoms with Crippen LogP contribution in [-0.4, -0.2) is 108 Å². The highest BCUT2D eigenvalue weighted by molar-refractivity contribution is 8.00. The first-order valence-electron chi connectivity index (χ1n) is 26.9. The number of esters is 2. The first kappa shape index (κ1) is 59.1. The number of methoxy groups -OCH3 is 2. The number of thioether (sulfide) groups is 2. The number of likely N-dealkylation sites (tertiary alicyclic amines) is 2. The van der Waals surface area contributed by atoms with E-state index in [9.17, 15) is 28.8 Å². The minimum absolute atomic E-state index is 0.0956. The summed E-state index contributed by atoms with van der Waals surface area (Å²) in [6.45, 7) is 4.99. The van der Waals surface area contributed by atoms with Gasteiger partial charge in [-0.05, 0) is 36.5 Å². The van der Waals surface area contributed by atoms with Crippen LogP contribution in [0.4, 0.5) is 11.4 Å². The van der Waals surface area contributed by atoms with E-state index in [1.54, 1.807) is 23.5 Å². The van der Waals surface area contributed by atoms with Crippen molar-refractivity contribution in [3.8, 4) is 0 Å². The maximum absolute atomic E-state index is 13.3. The summed E-state index contributed by atoms with van der Waals surface area (Å²) in [6.07, 6.45) is 36.5. The molecule has 12 nitrogen and oxygen atoms in total. The number of benzene rings is 1. The van der Waals surface area contributed by atoms with E-state index in [0.717, 1.165) is 37.2 Å². The van der Waals surface area contributed by atoms with E-state index in [4.69, 9.17) is 9.47 Å². The lowest BCUT2D eigenvalue weighted by Gasteiger charge is -2.20. The first-order chi connectivity index (χ1) is 33.2. The van der Waals surface area contributed by atoms with E-state index < -0.39 is 11.9 Å².